The van der Waals surface area contributed by atoms with E-state index in [4.69, 9.17) is 5.26 Å². The molecular formula is C12H10BrN3S. The van der Waals surface area contributed by atoms with Crippen LogP contribution in [0.5, 0.6) is 0 Å². The normalized spacial score (nSPS) is 10.2. The molecule has 2 rings (SSSR count). The van der Waals surface area contributed by atoms with E-state index in [9.17, 15) is 0 Å². The molecule has 0 saturated carbocycles. The Labute approximate surface area is 113 Å². The molecule has 1 aromatic carbocycles. The second-order valence-corrected chi connectivity index (χ2v) is 4.95. The lowest BCUT2D eigenvalue weighted by atomic mass is 10.2. The Morgan fingerprint density at radius 1 is 1.41 bits per heavy atom. The van der Waals surface area contributed by atoms with Gasteiger partial charge in [-0.15, -0.1) is 0 Å². The number of aromatic nitrogens is 2. The molecule has 0 radical (unpaired) electrons. The SMILES string of the molecule is CSc1nc(Br)c(C#N)n1Cc1ccccc1. The third-order valence-corrected chi connectivity index (χ3v) is 3.59. The van der Waals surface area contributed by atoms with E-state index in [1.165, 1.54) is 11.8 Å². The minimum absolute atomic E-state index is 0.568. The van der Waals surface area contributed by atoms with Crippen LogP contribution in [0.1, 0.15) is 11.3 Å². The van der Waals surface area contributed by atoms with Gasteiger partial charge in [0.05, 0.1) is 6.54 Å². The van der Waals surface area contributed by atoms with Crippen LogP contribution < -0.4 is 0 Å². The van der Waals surface area contributed by atoms with Crippen LogP contribution in [-0.4, -0.2) is 15.8 Å². The Morgan fingerprint density at radius 3 is 2.71 bits per heavy atom. The Bertz CT molecular complexity index is 557. The Balaban J connectivity index is 2.42. The lowest BCUT2D eigenvalue weighted by molar-refractivity contribution is 0.701. The summed E-state index contributed by atoms with van der Waals surface area (Å²) in [5.41, 5.74) is 1.72. The summed E-state index contributed by atoms with van der Waals surface area (Å²) in [4.78, 5) is 4.32. The zero-order valence-electron chi connectivity index (χ0n) is 9.22. The van der Waals surface area contributed by atoms with Gasteiger partial charge in [0.1, 0.15) is 10.7 Å². The highest BCUT2D eigenvalue weighted by Crippen LogP contribution is 2.24. The summed E-state index contributed by atoms with van der Waals surface area (Å²) in [6, 6.07) is 12.2. The molecule has 2 aromatic rings. The van der Waals surface area contributed by atoms with Crippen LogP contribution in [0.2, 0.25) is 0 Å². The zero-order valence-corrected chi connectivity index (χ0v) is 11.6. The van der Waals surface area contributed by atoms with E-state index in [0.717, 1.165) is 10.7 Å². The second-order valence-electron chi connectivity index (χ2n) is 3.42. The number of halogens is 1. The van der Waals surface area contributed by atoms with Crippen molar-refractivity contribution in [1.29, 1.82) is 5.26 Å². The van der Waals surface area contributed by atoms with Gasteiger partial charge in [-0.2, -0.15) is 5.26 Å². The Morgan fingerprint density at radius 2 is 2.12 bits per heavy atom. The first kappa shape index (κ1) is 12.2. The number of hydrogen-bond donors (Lipinski definition) is 0. The molecule has 0 aliphatic heterocycles. The molecule has 1 heterocycles. The fraction of sp³-hybridized carbons (Fsp3) is 0.167. The smallest absolute Gasteiger partial charge is 0.170 e. The van der Waals surface area contributed by atoms with Gasteiger partial charge >= 0.3 is 0 Å². The van der Waals surface area contributed by atoms with Gasteiger partial charge in [0.25, 0.3) is 0 Å². The largest absolute Gasteiger partial charge is 0.305 e. The van der Waals surface area contributed by atoms with E-state index in [-0.39, 0.29) is 0 Å². The van der Waals surface area contributed by atoms with E-state index in [2.05, 4.69) is 27.0 Å². The summed E-state index contributed by atoms with van der Waals surface area (Å²) < 4.78 is 2.53. The fourth-order valence-corrected chi connectivity index (χ4v) is 2.73. The molecule has 0 aliphatic carbocycles. The summed E-state index contributed by atoms with van der Waals surface area (Å²) >= 11 is 4.85. The van der Waals surface area contributed by atoms with Crippen molar-refractivity contribution in [2.45, 2.75) is 11.7 Å². The van der Waals surface area contributed by atoms with Gasteiger partial charge < -0.3 is 4.57 Å². The van der Waals surface area contributed by atoms with Crippen molar-refractivity contribution in [3.63, 3.8) is 0 Å². The van der Waals surface area contributed by atoms with Crippen LogP contribution in [0, 0.1) is 11.3 Å². The van der Waals surface area contributed by atoms with Crippen molar-refractivity contribution in [3.8, 4) is 6.07 Å². The summed E-state index contributed by atoms with van der Waals surface area (Å²) in [7, 11) is 0. The molecule has 86 valence electrons. The van der Waals surface area contributed by atoms with E-state index >= 15 is 0 Å². The van der Waals surface area contributed by atoms with E-state index in [1.54, 1.807) is 0 Å². The third kappa shape index (κ3) is 2.54. The topological polar surface area (TPSA) is 41.6 Å². The average molecular weight is 308 g/mol. The van der Waals surface area contributed by atoms with E-state index in [0.29, 0.717) is 16.8 Å². The summed E-state index contributed by atoms with van der Waals surface area (Å²) in [5, 5.41) is 9.98. The molecule has 0 atom stereocenters. The molecular weight excluding hydrogens is 298 g/mol. The first-order valence-electron chi connectivity index (χ1n) is 5.00. The number of nitriles is 1. The molecule has 0 saturated heterocycles. The van der Waals surface area contributed by atoms with Crippen LogP contribution in [0.3, 0.4) is 0 Å². The zero-order chi connectivity index (χ0) is 12.3. The maximum Gasteiger partial charge on any atom is 0.170 e. The van der Waals surface area contributed by atoms with Crippen molar-refractivity contribution >= 4 is 27.7 Å². The second kappa shape index (κ2) is 5.39. The standard InChI is InChI=1S/C12H10BrN3S/c1-17-12-15-11(13)10(7-14)16(12)8-9-5-3-2-4-6-9/h2-6H,8H2,1H3. The molecule has 0 bridgehead atoms. The van der Waals surface area contributed by atoms with E-state index < -0.39 is 0 Å². The maximum atomic E-state index is 9.14. The number of imidazole rings is 1. The maximum absolute atomic E-state index is 9.14. The molecule has 1 aromatic heterocycles. The number of thioether (sulfide) groups is 1. The lowest BCUT2D eigenvalue weighted by Gasteiger charge is -2.07. The van der Waals surface area contributed by atoms with Gasteiger partial charge in [0, 0.05) is 0 Å². The van der Waals surface area contributed by atoms with Crippen molar-refractivity contribution in [2.24, 2.45) is 0 Å². The molecule has 0 unspecified atom stereocenters. The van der Waals surface area contributed by atoms with Gasteiger partial charge in [-0.3, -0.25) is 0 Å². The monoisotopic (exact) mass is 307 g/mol. The van der Waals surface area contributed by atoms with Crippen LogP contribution in [0.25, 0.3) is 0 Å². The third-order valence-electron chi connectivity index (χ3n) is 2.36. The average Bonchev–Trinajstić information content (AvgIpc) is 2.66. The number of benzene rings is 1. The molecule has 0 fully saturated rings. The molecule has 0 N–H and O–H groups in total. The highest BCUT2D eigenvalue weighted by Gasteiger charge is 2.14. The number of rotatable bonds is 3. The van der Waals surface area contributed by atoms with Crippen molar-refractivity contribution in [1.82, 2.24) is 9.55 Å². The summed E-state index contributed by atoms with van der Waals surface area (Å²) in [5.74, 6) is 0. The Kier molecular flexibility index (Phi) is 3.87. The Hall–Kier alpha value is -1.25. The van der Waals surface area contributed by atoms with Crippen LogP contribution >= 0.6 is 27.7 Å². The first-order valence-corrected chi connectivity index (χ1v) is 7.02. The minimum atomic E-state index is 0.568. The fourth-order valence-electron chi connectivity index (χ4n) is 1.58. The summed E-state index contributed by atoms with van der Waals surface area (Å²) in [6.45, 7) is 0.665. The quantitative estimate of drug-likeness (QED) is 0.817. The minimum Gasteiger partial charge on any atom is -0.305 e. The van der Waals surface area contributed by atoms with Crippen LogP contribution in [-0.2, 0) is 6.54 Å². The predicted octanol–water partition coefficient (Wildman–Crippen LogP) is 3.29. The highest BCUT2D eigenvalue weighted by atomic mass is 79.9. The van der Waals surface area contributed by atoms with Crippen molar-refractivity contribution in [2.75, 3.05) is 6.26 Å². The number of nitrogens with zero attached hydrogens (tertiary/aromatic N) is 3. The molecule has 5 heteroatoms. The molecule has 0 amide bonds. The van der Waals surface area contributed by atoms with Crippen molar-refractivity contribution < 1.29 is 0 Å². The van der Waals surface area contributed by atoms with Gasteiger partial charge in [0.15, 0.2) is 10.9 Å². The lowest BCUT2D eigenvalue weighted by Crippen LogP contribution is -2.03. The summed E-state index contributed by atoms with van der Waals surface area (Å²) in [6.07, 6.45) is 1.96. The van der Waals surface area contributed by atoms with Gasteiger partial charge in [-0.1, -0.05) is 42.1 Å². The first-order chi connectivity index (χ1) is 8.26. The molecule has 0 aliphatic rings. The molecule has 0 spiro atoms. The molecule has 17 heavy (non-hydrogen) atoms. The van der Waals surface area contributed by atoms with Gasteiger partial charge in [-0.05, 0) is 27.7 Å². The number of hydrogen-bond acceptors (Lipinski definition) is 3. The van der Waals surface area contributed by atoms with Crippen LogP contribution in [0.4, 0.5) is 0 Å². The highest BCUT2D eigenvalue weighted by molar-refractivity contribution is 9.10. The molecule has 3 nitrogen and oxygen atoms in total. The predicted molar refractivity (Wildman–Crippen MR) is 72.0 cm³/mol. The van der Waals surface area contributed by atoms with Crippen LogP contribution in [0.15, 0.2) is 40.1 Å². The van der Waals surface area contributed by atoms with Gasteiger partial charge in [-0.25, -0.2) is 4.98 Å². The van der Waals surface area contributed by atoms with Crippen molar-refractivity contribution in [3.05, 3.63) is 46.2 Å². The van der Waals surface area contributed by atoms with Gasteiger partial charge in [0.2, 0.25) is 0 Å². The van der Waals surface area contributed by atoms with E-state index in [1.807, 2.05) is 41.2 Å².